The van der Waals surface area contributed by atoms with Crippen molar-refractivity contribution in [3.05, 3.63) is 19.8 Å². The summed E-state index contributed by atoms with van der Waals surface area (Å²) in [4.78, 5) is 1.65. The Bertz CT molecular complexity index is 317. The molecule has 0 spiro atoms. The molecule has 15 heavy (non-hydrogen) atoms. The summed E-state index contributed by atoms with van der Waals surface area (Å²) in [6.45, 7) is 1.76. The summed E-state index contributed by atoms with van der Waals surface area (Å²) in [5, 5.41) is 0. The van der Waals surface area contributed by atoms with Crippen LogP contribution in [0.1, 0.15) is 22.5 Å². The smallest absolute Gasteiger partial charge is 0.107 e. The molecule has 2 rings (SSSR count). The van der Waals surface area contributed by atoms with Crippen molar-refractivity contribution in [2.45, 2.75) is 17.7 Å². The van der Waals surface area contributed by atoms with Crippen LogP contribution in [-0.4, -0.2) is 13.2 Å². The Kier molecular flexibility index (Phi) is 4.53. The largest absolute Gasteiger partial charge is 0.381 e. The van der Waals surface area contributed by atoms with Gasteiger partial charge in [-0.2, -0.15) is 0 Å². The van der Waals surface area contributed by atoms with Crippen LogP contribution in [-0.2, 0) is 4.74 Å². The average molecular weight is 375 g/mol. The van der Waals surface area contributed by atoms with Gasteiger partial charge in [0.15, 0.2) is 0 Å². The van der Waals surface area contributed by atoms with E-state index in [2.05, 4.69) is 37.9 Å². The third kappa shape index (κ3) is 2.97. The van der Waals surface area contributed by atoms with Crippen molar-refractivity contribution in [1.29, 1.82) is 0 Å². The van der Waals surface area contributed by atoms with Crippen molar-refractivity contribution in [2.75, 3.05) is 13.2 Å². The molecule has 2 atom stereocenters. The van der Waals surface area contributed by atoms with Gasteiger partial charge in [-0.1, -0.05) is 27.5 Å². The van der Waals surface area contributed by atoms with E-state index in [0.29, 0.717) is 10.7 Å². The SMILES string of the molecule is Clc1sc(C(Br)C2CCCOC2)cc1Br. The molecule has 1 saturated heterocycles. The summed E-state index contributed by atoms with van der Waals surface area (Å²) in [7, 11) is 0. The number of ether oxygens (including phenoxy) is 1. The lowest BCUT2D eigenvalue weighted by atomic mass is 9.98. The highest BCUT2D eigenvalue weighted by Crippen LogP contribution is 2.43. The lowest BCUT2D eigenvalue weighted by molar-refractivity contribution is 0.0549. The first-order chi connectivity index (χ1) is 7.18. The van der Waals surface area contributed by atoms with E-state index in [4.69, 9.17) is 16.3 Å². The van der Waals surface area contributed by atoms with Crippen LogP contribution in [0, 0.1) is 5.92 Å². The summed E-state index contributed by atoms with van der Waals surface area (Å²) in [5.74, 6) is 0.570. The molecule has 1 fully saturated rings. The lowest BCUT2D eigenvalue weighted by Crippen LogP contribution is -2.20. The Morgan fingerprint density at radius 2 is 2.40 bits per heavy atom. The van der Waals surface area contributed by atoms with Gasteiger partial charge < -0.3 is 4.74 Å². The number of thiophene rings is 1. The number of alkyl halides is 1. The molecule has 0 aromatic carbocycles. The molecule has 2 heterocycles. The highest BCUT2D eigenvalue weighted by molar-refractivity contribution is 9.10. The predicted molar refractivity (Wildman–Crippen MR) is 72.2 cm³/mol. The summed E-state index contributed by atoms with van der Waals surface area (Å²) in [6, 6.07) is 2.10. The number of hydrogen-bond donors (Lipinski definition) is 0. The van der Waals surface area contributed by atoms with Crippen molar-refractivity contribution in [3.8, 4) is 0 Å². The van der Waals surface area contributed by atoms with Gasteiger partial charge in [0.25, 0.3) is 0 Å². The van der Waals surface area contributed by atoms with Crippen molar-refractivity contribution in [1.82, 2.24) is 0 Å². The van der Waals surface area contributed by atoms with Crippen molar-refractivity contribution < 1.29 is 4.74 Å². The Morgan fingerprint density at radius 3 is 2.93 bits per heavy atom. The van der Waals surface area contributed by atoms with Gasteiger partial charge in [0, 0.05) is 16.0 Å². The van der Waals surface area contributed by atoms with E-state index in [-0.39, 0.29) is 0 Å². The molecule has 1 nitrogen and oxygen atoms in total. The normalized spacial score (nSPS) is 24.1. The Hall–Kier alpha value is 0.910. The summed E-state index contributed by atoms with van der Waals surface area (Å²) in [5.41, 5.74) is 0. The first kappa shape index (κ1) is 12.4. The molecule has 1 aliphatic heterocycles. The van der Waals surface area contributed by atoms with Crippen LogP contribution < -0.4 is 0 Å². The molecule has 1 aromatic heterocycles. The average Bonchev–Trinajstić information content (AvgIpc) is 2.59. The summed E-state index contributed by atoms with van der Waals surface area (Å²) >= 11 is 14.8. The molecule has 0 radical (unpaired) electrons. The van der Waals surface area contributed by atoms with Gasteiger partial charge >= 0.3 is 0 Å². The fraction of sp³-hybridized carbons (Fsp3) is 0.600. The van der Waals surface area contributed by atoms with Crippen molar-refractivity contribution in [3.63, 3.8) is 0 Å². The van der Waals surface area contributed by atoms with Gasteiger partial charge in [0.1, 0.15) is 4.34 Å². The third-order valence-corrected chi connectivity index (χ3v) is 6.65. The van der Waals surface area contributed by atoms with Crippen LogP contribution >= 0.6 is 54.8 Å². The quantitative estimate of drug-likeness (QED) is 0.660. The zero-order chi connectivity index (χ0) is 10.8. The Morgan fingerprint density at radius 1 is 1.60 bits per heavy atom. The maximum absolute atomic E-state index is 6.03. The maximum Gasteiger partial charge on any atom is 0.107 e. The molecular formula is C10H11Br2ClOS. The molecule has 0 saturated carbocycles. The van der Waals surface area contributed by atoms with Crippen LogP contribution in [0.25, 0.3) is 0 Å². The molecule has 5 heteroatoms. The molecule has 0 bridgehead atoms. The van der Waals surface area contributed by atoms with Gasteiger partial charge in [-0.15, -0.1) is 11.3 Å². The zero-order valence-corrected chi connectivity index (χ0v) is 12.8. The predicted octanol–water partition coefficient (Wildman–Crippen LogP) is 5.03. The second-order valence-electron chi connectivity index (χ2n) is 3.65. The van der Waals surface area contributed by atoms with Crippen molar-refractivity contribution >= 4 is 54.8 Å². The number of halogens is 3. The van der Waals surface area contributed by atoms with E-state index in [1.165, 1.54) is 11.3 Å². The molecule has 1 aromatic rings. The monoisotopic (exact) mass is 372 g/mol. The first-order valence-electron chi connectivity index (χ1n) is 4.85. The molecular weight excluding hydrogens is 363 g/mol. The number of hydrogen-bond acceptors (Lipinski definition) is 2. The van der Waals surface area contributed by atoms with Crippen LogP contribution in [0.4, 0.5) is 0 Å². The fourth-order valence-corrected chi connectivity index (χ4v) is 4.37. The number of rotatable bonds is 2. The van der Waals surface area contributed by atoms with Gasteiger partial charge in [-0.25, -0.2) is 0 Å². The van der Waals surface area contributed by atoms with Crippen LogP contribution in [0.5, 0.6) is 0 Å². The Balaban J connectivity index is 2.08. The minimum atomic E-state index is 0.367. The molecule has 0 aliphatic carbocycles. The summed E-state index contributed by atoms with van der Waals surface area (Å²) in [6.07, 6.45) is 2.39. The topological polar surface area (TPSA) is 9.23 Å². The zero-order valence-electron chi connectivity index (χ0n) is 8.01. The molecule has 84 valence electrons. The second-order valence-corrected chi connectivity index (χ2v) is 7.18. The van der Waals surface area contributed by atoms with E-state index in [9.17, 15) is 0 Å². The third-order valence-electron chi connectivity index (χ3n) is 2.55. The second kappa shape index (κ2) is 5.50. The van der Waals surface area contributed by atoms with Gasteiger partial charge in [-0.3, -0.25) is 0 Å². The van der Waals surface area contributed by atoms with Gasteiger partial charge in [0.05, 0.1) is 11.4 Å². The molecule has 2 unspecified atom stereocenters. The van der Waals surface area contributed by atoms with E-state index in [0.717, 1.165) is 28.4 Å². The standard InChI is InChI=1S/C10H11Br2ClOS/c11-7-4-8(15-10(7)13)9(12)6-2-1-3-14-5-6/h4,6,9H,1-3,5H2. The highest BCUT2D eigenvalue weighted by atomic mass is 79.9. The minimum absolute atomic E-state index is 0.367. The van der Waals surface area contributed by atoms with Gasteiger partial charge in [-0.05, 0) is 40.8 Å². The van der Waals surface area contributed by atoms with E-state index >= 15 is 0 Å². The molecule has 0 amide bonds. The molecule has 1 aliphatic rings. The van der Waals surface area contributed by atoms with Crippen LogP contribution in [0.2, 0.25) is 4.34 Å². The molecule has 0 N–H and O–H groups in total. The minimum Gasteiger partial charge on any atom is -0.381 e. The first-order valence-corrected chi connectivity index (χ1v) is 7.75. The fourth-order valence-electron chi connectivity index (χ4n) is 1.73. The summed E-state index contributed by atoms with van der Waals surface area (Å²) < 4.78 is 7.31. The van der Waals surface area contributed by atoms with Gasteiger partial charge in [0.2, 0.25) is 0 Å². The van der Waals surface area contributed by atoms with Crippen molar-refractivity contribution in [2.24, 2.45) is 5.92 Å². The van der Waals surface area contributed by atoms with Crippen LogP contribution in [0.3, 0.4) is 0 Å². The van der Waals surface area contributed by atoms with E-state index in [1.807, 2.05) is 0 Å². The highest BCUT2D eigenvalue weighted by Gasteiger charge is 2.25. The van der Waals surface area contributed by atoms with E-state index in [1.54, 1.807) is 11.3 Å². The lowest BCUT2D eigenvalue weighted by Gasteiger charge is -2.25. The van der Waals surface area contributed by atoms with Crippen LogP contribution in [0.15, 0.2) is 10.5 Å². The van der Waals surface area contributed by atoms with E-state index < -0.39 is 0 Å². The Labute approximate surface area is 115 Å². The maximum atomic E-state index is 6.03.